The number of fused-ring (bicyclic) bond motifs is 1. The molecule has 0 radical (unpaired) electrons. The highest BCUT2D eigenvalue weighted by Crippen LogP contribution is 2.29. The number of imidazole rings is 1. The third-order valence-corrected chi connectivity index (χ3v) is 5.66. The van der Waals surface area contributed by atoms with Crippen LogP contribution in [0, 0.1) is 5.82 Å². The number of carbonyl (C=O) groups excluding carboxylic acids is 1. The van der Waals surface area contributed by atoms with E-state index < -0.39 is 5.82 Å². The molecule has 11 heteroatoms. The molecule has 0 spiro atoms. The van der Waals surface area contributed by atoms with E-state index in [0.717, 1.165) is 38.8 Å². The average Bonchev–Trinajstić information content (AvgIpc) is 3.46. The highest BCUT2D eigenvalue weighted by Gasteiger charge is 2.21. The van der Waals surface area contributed by atoms with E-state index in [-0.39, 0.29) is 17.6 Å². The Morgan fingerprint density at radius 2 is 2.12 bits per heavy atom. The Balaban J connectivity index is 0.000000168. The number of rotatable bonds is 2. The topological polar surface area (TPSA) is 130 Å². The molecule has 2 aromatic heterocycles. The molecule has 3 aromatic rings. The third kappa shape index (κ3) is 6.85. The molecule has 9 nitrogen and oxygen atoms in total. The first kappa shape index (κ1) is 25.8. The minimum atomic E-state index is -0.447. The normalized spacial score (nSPS) is 17.9. The Labute approximate surface area is 202 Å². The second-order valence-electron chi connectivity index (χ2n) is 8.34. The van der Waals surface area contributed by atoms with Gasteiger partial charge in [0.1, 0.15) is 5.52 Å². The van der Waals surface area contributed by atoms with Crippen LogP contribution in [0.15, 0.2) is 24.7 Å². The van der Waals surface area contributed by atoms with Gasteiger partial charge in [-0.15, -0.1) is 0 Å². The molecule has 1 atom stereocenters. The van der Waals surface area contributed by atoms with E-state index in [1.54, 1.807) is 6.07 Å². The molecule has 34 heavy (non-hydrogen) atoms. The number of nitrogens with one attached hydrogen (secondary N) is 1. The quantitative estimate of drug-likeness (QED) is 0.498. The van der Waals surface area contributed by atoms with Crippen LogP contribution in [-0.4, -0.2) is 67.8 Å². The highest BCUT2D eigenvalue weighted by atomic mass is 35.5. The van der Waals surface area contributed by atoms with Crippen molar-refractivity contribution >= 4 is 34.5 Å². The van der Waals surface area contributed by atoms with Crippen molar-refractivity contribution in [2.45, 2.75) is 51.7 Å². The molecule has 0 bridgehead atoms. The number of carbonyl (C=O) groups is 1. The fourth-order valence-electron chi connectivity index (χ4n) is 3.67. The number of aromatic nitrogens is 4. The Kier molecular flexibility index (Phi) is 9.14. The number of aliphatic hydroxyl groups is 1. The lowest BCUT2D eigenvalue weighted by Gasteiger charge is -2.19. The van der Waals surface area contributed by atoms with Gasteiger partial charge in [-0.05, 0) is 45.2 Å². The summed E-state index contributed by atoms with van der Waals surface area (Å²) >= 11 is 5.98. The molecule has 2 aliphatic rings. The number of amides is 1. The van der Waals surface area contributed by atoms with Crippen LogP contribution in [0.4, 0.5) is 10.3 Å². The van der Waals surface area contributed by atoms with Crippen molar-refractivity contribution in [2.75, 3.05) is 25.5 Å². The van der Waals surface area contributed by atoms with Crippen molar-refractivity contribution in [1.82, 2.24) is 24.8 Å². The van der Waals surface area contributed by atoms with Crippen LogP contribution in [-0.2, 0) is 9.53 Å². The number of nitrogens with two attached hydrogens (primary N) is 1. The first-order valence-corrected chi connectivity index (χ1v) is 11.6. The zero-order valence-corrected chi connectivity index (χ0v) is 20.1. The van der Waals surface area contributed by atoms with Crippen molar-refractivity contribution in [3.05, 3.63) is 35.5 Å². The van der Waals surface area contributed by atoms with Crippen molar-refractivity contribution in [1.29, 1.82) is 0 Å². The van der Waals surface area contributed by atoms with Gasteiger partial charge < -0.3 is 25.5 Å². The monoisotopic (exact) mass is 492 g/mol. The van der Waals surface area contributed by atoms with Crippen molar-refractivity contribution < 1.29 is 19.0 Å². The average molecular weight is 493 g/mol. The minimum Gasteiger partial charge on any atom is -0.391 e. The summed E-state index contributed by atoms with van der Waals surface area (Å²) in [7, 11) is 0. The van der Waals surface area contributed by atoms with E-state index in [0.29, 0.717) is 40.4 Å². The van der Waals surface area contributed by atoms with E-state index in [1.807, 2.05) is 4.90 Å². The number of hydrogen-bond acceptors (Lipinski definition) is 7. The lowest BCUT2D eigenvalue weighted by molar-refractivity contribution is -0.129. The number of hydrogen-bond donors (Lipinski definition) is 3. The number of aliphatic hydroxyl groups excluding tert-OH is 1. The van der Waals surface area contributed by atoms with Crippen molar-refractivity contribution in [2.24, 2.45) is 0 Å². The number of aromatic amines is 1. The van der Waals surface area contributed by atoms with Gasteiger partial charge in [-0.25, -0.2) is 19.3 Å². The second-order valence-corrected chi connectivity index (χ2v) is 8.74. The molecule has 0 saturated carbocycles. The second kappa shape index (κ2) is 12.0. The molecule has 1 unspecified atom stereocenters. The number of H-pyrrole nitrogens is 1. The zero-order valence-electron chi connectivity index (χ0n) is 19.3. The third-order valence-electron chi connectivity index (χ3n) is 5.38. The molecule has 1 amide bonds. The predicted octanol–water partition coefficient (Wildman–Crippen LogP) is 3.57. The molecule has 5 rings (SSSR count). The minimum absolute atomic E-state index is 0.0829. The highest BCUT2D eigenvalue weighted by molar-refractivity contribution is 6.33. The maximum absolute atomic E-state index is 13.8. The number of nitrogens with zero attached hydrogens (tertiary/aromatic N) is 4. The summed E-state index contributed by atoms with van der Waals surface area (Å²) in [5, 5.41) is 9.09. The van der Waals surface area contributed by atoms with Crippen LogP contribution >= 0.6 is 11.6 Å². The Hall–Kier alpha value is -2.82. The summed E-state index contributed by atoms with van der Waals surface area (Å²) in [5.74, 6) is -0.0403. The fraction of sp³-hybridized carbons (Fsp3) is 0.478. The van der Waals surface area contributed by atoms with Gasteiger partial charge in [0, 0.05) is 31.2 Å². The summed E-state index contributed by atoms with van der Waals surface area (Å²) < 4.78 is 18.7. The lowest BCUT2D eigenvalue weighted by Crippen LogP contribution is -2.31. The molecule has 184 valence electrons. The van der Waals surface area contributed by atoms with Gasteiger partial charge in [0.15, 0.2) is 5.82 Å². The van der Waals surface area contributed by atoms with Gasteiger partial charge in [0.05, 0.1) is 41.5 Å². The number of ether oxygens (including phenoxy) is 1. The summed E-state index contributed by atoms with van der Waals surface area (Å²) in [6.07, 6.45) is 6.37. The number of benzene rings is 1. The largest absolute Gasteiger partial charge is 0.391 e. The zero-order chi connectivity index (χ0) is 24.7. The fourth-order valence-corrected chi connectivity index (χ4v) is 3.87. The van der Waals surface area contributed by atoms with E-state index in [4.69, 9.17) is 27.2 Å². The van der Waals surface area contributed by atoms with E-state index in [2.05, 4.69) is 33.8 Å². The van der Waals surface area contributed by atoms with Gasteiger partial charge >= 0.3 is 0 Å². The van der Waals surface area contributed by atoms with Crippen LogP contribution < -0.4 is 5.73 Å². The van der Waals surface area contributed by atoms with Crippen LogP contribution in [0.2, 0.25) is 5.02 Å². The van der Waals surface area contributed by atoms with Gasteiger partial charge in [0.2, 0.25) is 11.9 Å². The maximum Gasteiger partial charge on any atom is 0.222 e. The van der Waals surface area contributed by atoms with Crippen LogP contribution in [0.5, 0.6) is 0 Å². The number of anilines is 1. The van der Waals surface area contributed by atoms with Crippen LogP contribution in [0.1, 0.15) is 39.5 Å². The Morgan fingerprint density at radius 3 is 2.68 bits per heavy atom. The molecule has 4 heterocycles. The number of halogens is 2. The van der Waals surface area contributed by atoms with Gasteiger partial charge in [-0.1, -0.05) is 11.6 Å². The molecule has 2 fully saturated rings. The molecule has 4 N–H and O–H groups in total. The summed E-state index contributed by atoms with van der Waals surface area (Å²) in [6, 6.07) is 3.43. The standard InChI is InChI=1S/C11H7ClFN5.C7H13NO.C5H10O2/c12-6-3-15-11(14)18-9(6)5-1-7(13)10-8(2-5)16-4-17-10;1-6(2)8-5-3-4-7(8)9;6-5-2-1-3-7-4-5/h1-4H,(H,16,17)(H2,14,15,18);6H,3-5H2,1-2H3;5-6H,1-4H2. The molecule has 2 aliphatic heterocycles. The molecule has 1 aromatic carbocycles. The van der Waals surface area contributed by atoms with Gasteiger partial charge in [-0.2, -0.15) is 0 Å². The predicted molar refractivity (Wildman–Crippen MR) is 129 cm³/mol. The molecular formula is C23H30ClFN6O3. The SMILES string of the molecule is CC(C)N1CCCC1=O.Nc1ncc(Cl)c(-c2cc(F)c3nc[nH]c3c2)n1.OC1CCCOC1. The summed E-state index contributed by atoms with van der Waals surface area (Å²) in [5.41, 5.74) is 7.25. The van der Waals surface area contributed by atoms with Gasteiger partial charge in [-0.3, -0.25) is 4.79 Å². The molecule has 2 saturated heterocycles. The number of likely N-dealkylation sites (tertiary alicyclic amines) is 1. The maximum atomic E-state index is 13.8. The Morgan fingerprint density at radius 1 is 1.32 bits per heavy atom. The first-order valence-electron chi connectivity index (χ1n) is 11.2. The van der Waals surface area contributed by atoms with Crippen molar-refractivity contribution in [3.63, 3.8) is 0 Å². The Bertz CT molecular complexity index is 1100. The summed E-state index contributed by atoms with van der Waals surface area (Å²) in [6.45, 7) is 6.46. The molecular weight excluding hydrogens is 463 g/mol. The van der Waals surface area contributed by atoms with E-state index in [1.165, 1.54) is 18.6 Å². The number of nitrogen functional groups attached to an aromatic ring is 1. The van der Waals surface area contributed by atoms with E-state index in [9.17, 15) is 9.18 Å². The van der Waals surface area contributed by atoms with Crippen LogP contribution in [0.25, 0.3) is 22.3 Å². The summed E-state index contributed by atoms with van der Waals surface area (Å²) in [4.78, 5) is 27.3. The molecule has 0 aliphatic carbocycles. The van der Waals surface area contributed by atoms with Crippen LogP contribution in [0.3, 0.4) is 0 Å². The van der Waals surface area contributed by atoms with Crippen molar-refractivity contribution in [3.8, 4) is 11.3 Å². The smallest absolute Gasteiger partial charge is 0.222 e. The first-order chi connectivity index (χ1) is 16.3. The lowest BCUT2D eigenvalue weighted by atomic mass is 10.1. The van der Waals surface area contributed by atoms with Gasteiger partial charge in [0.25, 0.3) is 0 Å². The van der Waals surface area contributed by atoms with E-state index >= 15 is 0 Å².